The average molecular weight is 288 g/mol. The van der Waals surface area contributed by atoms with Crippen LogP contribution in [0.1, 0.15) is 5.56 Å². The number of para-hydroxylation sites is 1. The Bertz CT molecular complexity index is 599. The molecule has 2 rings (SSSR count). The number of rotatable bonds is 2. The summed E-state index contributed by atoms with van der Waals surface area (Å²) in [5.41, 5.74) is 4.44. The Labute approximate surface area is 112 Å². The molecule has 0 saturated carbocycles. The van der Waals surface area contributed by atoms with E-state index in [2.05, 4.69) is 0 Å². The quantitative estimate of drug-likeness (QED) is 0.810. The van der Waals surface area contributed by atoms with E-state index in [1.807, 2.05) is 0 Å². The number of anilines is 1. The minimum atomic E-state index is -4.55. The highest BCUT2D eigenvalue weighted by Crippen LogP contribution is 2.40. The van der Waals surface area contributed by atoms with Crippen LogP contribution in [-0.2, 0) is 6.18 Å². The zero-order valence-electron chi connectivity index (χ0n) is 9.54. The maximum absolute atomic E-state index is 12.9. The Balaban J connectivity index is 2.44. The molecule has 2 aromatic rings. The van der Waals surface area contributed by atoms with Crippen LogP contribution in [0.2, 0.25) is 5.02 Å². The summed E-state index contributed by atoms with van der Waals surface area (Å²) < 4.78 is 43.8. The third kappa shape index (κ3) is 3.12. The van der Waals surface area contributed by atoms with Gasteiger partial charge in [0, 0.05) is 5.69 Å². The minimum Gasteiger partial charge on any atom is -0.455 e. The van der Waals surface area contributed by atoms with Crippen molar-refractivity contribution >= 4 is 17.3 Å². The summed E-state index contributed by atoms with van der Waals surface area (Å²) in [4.78, 5) is 0. The molecule has 0 unspecified atom stereocenters. The Morgan fingerprint density at radius 2 is 1.68 bits per heavy atom. The van der Waals surface area contributed by atoms with Crippen molar-refractivity contribution in [3.05, 3.63) is 53.1 Å². The summed E-state index contributed by atoms with van der Waals surface area (Å²) in [6.07, 6.45) is -4.55. The Morgan fingerprint density at radius 1 is 1.00 bits per heavy atom. The van der Waals surface area contributed by atoms with Gasteiger partial charge in [-0.15, -0.1) is 0 Å². The van der Waals surface area contributed by atoms with E-state index in [0.717, 1.165) is 6.07 Å². The lowest BCUT2D eigenvalue weighted by molar-refractivity contribution is -0.138. The van der Waals surface area contributed by atoms with Gasteiger partial charge in [0.2, 0.25) is 0 Å². The summed E-state index contributed by atoms with van der Waals surface area (Å²) in [6, 6.07) is 9.62. The van der Waals surface area contributed by atoms with E-state index in [1.54, 1.807) is 12.1 Å². The van der Waals surface area contributed by atoms with Gasteiger partial charge in [0.15, 0.2) is 0 Å². The maximum atomic E-state index is 12.9. The lowest BCUT2D eigenvalue weighted by Gasteiger charge is -2.14. The number of nitrogen functional groups attached to an aromatic ring is 1. The largest absolute Gasteiger partial charge is 0.455 e. The van der Waals surface area contributed by atoms with Gasteiger partial charge in [-0.25, -0.2) is 0 Å². The van der Waals surface area contributed by atoms with Gasteiger partial charge in [0.05, 0.1) is 5.02 Å². The number of halogens is 4. The highest BCUT2D eigenvalue weighted by molar-refractivity contribution is 6.32. The molecule has 0 atom stereocenters. The van der Waals surface area contributed by atoms with Crippen molar-refractivity contribution in [1.29, 1.82) is 0 Å². The number of alkyl halides is 3. The van der Waals surface area contributed by atoms with E-state index in [9.17, 15) is 13.2 Å². The molecular formula is C13H9ClF3NO. The molecule has 0 aliphatic carbocycles. The fourth-order valence-electron chi connectivity index (χ4n) is 1.50. The predicted molar refractivity (Wildman–Crippen MR) is 67.4 cm³/mol. The first-order valence-electron chi connectivity index (χ1n) is 5.27. The van der Waals surface area contributed by atoms with Crippen LogP contribution in [0.4, 0.5) is 18.9 Å². The van der Waals surface area contributed by atoms with Crippen LogP contribution < -0.4 is 10.5 Å². The van der Waals surface area contributed by atoms with Crippen molar-refractivity contribution < 1.29 is 17.9 Å². The summed E-state index contributed by atoms with van der Waals surface area (Å²) in [7, 11) is 0. The van der Waals surface area contributed by atoms with Gasteiger partial charge < -0.3 is 10.5 Å². The van der Waals surface area contributed by atoms with E-state index in [1.165, 1.54) is 24.3 Å². The molecule has 2 aromatic carbocycles. The molecule has 2 nitrogen and oxygen atoms in total. The molecule has 19 heavy (non-hydrogen) atoms. The van der Waals surface area contributed by atoms with E-state index in [4.69, 9.17) is 22.1 Å². The van der Waals surface area contributed by atoms with Crippen LogP contribution >= 0.6 is 11.6 Å². The molecule has 0 aromatic heterocycles. The first kappa shape index (κ1) is 13.5. The van der Waals surface area contributed by atoms with E-state index in [-0.39, 0.29) is 22.2 Å². The molecule has 0 radical (unpaired) electrons. The molecule has 6 heteroatoms. The zero-order valence-corrected chi connectivity index (χ0v) is 10.3. The van der Waals surface area contributed by atoms with Crippen LogP contribution in [0.3, 0.4) is 0 Å². The van der Waals surface area contributed by atoms with Crippen LogP contribution in [-0.4, -0.2) is 0 Å². The topological polar surface area (TPSA) is 35.2 Å². The highest BCUT2D eigenvalue weighted by atomic mass is 35.5. The second-order valence-electron chi connectivity index (χ2n) is 3.79. The Hall–Kier alpha value is -1.88. The van der Waals surface area contributed by atoms with Gasteiger partial charge in [-0.05, 0) is 30.3 Å². The molecule has 0 saturated heterocycles. The van der Waals surface area contributed by atoms with Crippen LogP contribution in [0.15, 0.2) is 42.5 Å². The Morgan fingerprint density at radius 3 is 2.32 bits per heavy atom. The SMILES string of the molecule is Nc1ccc(Oc2ccccc2Cl)c(C(F)(F)F)c1. The van der Waals surface area contributed by atoms with Crippen molar-refractivity contribution in [2.45, 2.75) is 6.18 Å². The minimum absolute atomic E-state index is 0.0128. The molecule has 0 bridgehead atoms. The van der Waals surface area contributed by atoms with Crippen LogP contribution in [0, 0.1) is 0 Å². The fourth-order valence-corrected chi connectivity index (χ4v) is 1.68. The van der Waals surface area contributed by atoms with Gasteiger partial charge in [-0.2, -0.15) is 13.2 Å². The van der Waals surface area contributed by atoms with E-state index in [0.29, 0.717) is 0 Å². The van der Waals surface area contributed by atoms with Gasteiger partial charge >= 0.3 is 6.18 Å². The van der Waals surface area contributed by atoms with Gasteiger partial charge in [0.25, 0.3) is 0 Å². The molecule has 0 aliphatic heterocycles. The van der Waals surface area contributed by atoms with Crippen molar-refractivity contribution in [2.24, 2.45) is 0 Å². The number of nitrogens with two attached hydrogens (primary N) is 1. The standard InChI is InChI=1S/C13H9ClF3NO/c14-10-3-1-2-4-12(10)19-11-6-5-8(18)7-9(11)13(15,16)17/h1-7H,18H2. The third-order valence-corrected chi connectivity index (χ3v) is 2.68. The lowest BCUT2D eigenvalue weighted by Crippen LogP contribution is -2.08. The fraction of sp³-hybridized carbons (Fsp3) is 0.0769. The van der Waals surface area contributed by atoms with Gasteiger partial charge in [-0.3, -0.25) is 0 Å². The van der Waals surface area contributed by atoms with E-state index >= 15 is 0 Å². The van der Waals surface area contributed by atoms with Gasteiger partial charge in [0.1, 0.15) is 17.1 Å². The number of hydrogen-bond acceptors (Lipinski definition) is 2. The number of hydrogen-bond donors (Lipinski definition) is 1. The Kier molecular flexibility index (Phi) is 3.57. The first-order chi connectivity index (χ1) is 8.88. The zero-order chi connectivity index (χ0) is 14.0. The lowest BCUT2D eigenvalue weighted by atomic mass is 10.1. The summed E-state index contributed by atoms with van der Waals surface area (Å²) >= 11 is 5.84. The normalized spacial score (nSPS) is 11.4. The van der Waals surface area contributed by atoms with Crippen molar-refractivity contribution in [3.63, 3.8) is 0 Å². The summed E-state index contributed by atoms with van der Waals surface area (Å²) in [5.74, 6) is -0.186. The molecule has 2 N–H and O–H groups in total. The van der Waals surface area contributed by atoms with Gasteiger partial charge in [-0.1, -0.05) is 23.7 Å². The molecule has 100 valence electrons. The molecular weight excluding hydrogens is 279 g/mol. The molecule has 0 aliphatic rings. The average Bonchev–Trinajstić information content (AvgIpc) is 2.33. The molecule has 0 heterocycles. The van der Waals surface area contributed by atoms with Crippen molar-refractivity contribution in [2.75, 3.05) is 5.73 Å². The predicted octanol–water partition coefficient (Wildman–Crippen LogP) is 4.73. The van der Waals surface area contributed by atoms with Crippen LogP contribution in [0.25, 0.3) is 0 Å². The smallest absolute Gasteiger partial charge is 0.420 e. The highest BCUT2D eigenvalue weighted by Gasteiger charge is 2.34. The summed E-state index contributed by atoms with van der Waals surface area (Å²) in [6.45, 7) is 0. The van der Waals surface area contributed by atoms with E-state index < -0.39 is 11.7 Å². The second-order valence-corrected chi connectivity index (χ2v) is 4.19. The number of ether oxygens (including phenoxy) is 1. The summed E-state index contributed by atoms with van der Waals surface area (Å²) in [5, 5.41) is 0.229. The van der Waals surface area contributed by atoms with Crippen molar-refractivity contribution in [3.8, 4) is 11.5 Å². The van der Waals surface area contributed by atoms with Crippen LogP contribution in [0.5, 0.6) is 11.5 Å². The molecule has 0 spiro atoms. The molecule has 0 fully saturated rings. The monoisotopic (exact) mass is 287 g/mol. The van der Waals surface area contributed by atoms with Crippen molar-refractivity contribution in [1.82, 2.24) is 0 Å². The molecule has 0 amide bonds. The third-order valence-electron chi connectivity index (χ3n) is 2.37. The number of benzene rings is 2. The maximum Gasteiger partial charge on any atom is 0.420 e. The first-order valence-corrected chi connectivity index (χ1v) is 5.65. The second kappa shape index (κ2) is 5.01.